The van der Waals surface area contributed by atoms with Crippen LogP contribution in [0.15, 0.2) is 155 Å². The Hall–Kier alpha value is -7.53. The molecule has 5 aromatic carbocycles. The highest BCUT2D eigenvalue weighted by Crippen LogP contribution is 2.38. The second-order valence-electron chi connectivity index (χ2n) is 13.1. The number of hydrogen-bond acceptors (Lipinski definition) is 5. The second-order valence-corrected chi connectivity index (χ2v) is 13.1. The zero-order valence-corrected chi connectivity index (χ0v) is 29.8. The smallest absolute Gasteiger partial charge is 0.161 e. The van der Waals surface area contributed by atoms with E-state index < -0.39 is 23.3 Å². The lowest BCUT2D eigenvalue weighted by atomic mass is 9.95. The van der Waals surface area contributed by atoms with Crippen molar-refractivity contribution in [2.45, 2.75) is 6.54 Å². The maximum absolute atomic E-state index is 16.4. The third-order valence-electron chi connectivity index (χ3n) is 9.67. The summed E-state index contributed by atoms with van der Waals surface area (Å²) in [5.41, 5.74) is 3.00. The molecule has 57 heavy (non-hydrogen) atoms. The van der Waals surface area contributed by atoms with E-state index in [4.69, 9.17) is 0 Å². The van der Waals surface area contributed by atoms with Gasteiger partial charge in [-0.15, -0.1) is 0 Å². The van der Waals surface area contributed by atoms with E-state index in [1.165, 1.54) is 12.1 Å². The fraction of sp³-hybridized carbons (Fsp3) is 0.0217. The minimum atomic E-state index is -0.886. The lowest BCUT2D eigenvalue weighted by Crippen LogP contribution is -2.07. The maximum atomic E-state index is 16.4. The average molecular weight is 754 g/mol. The van der Waals surface area contributed by atoms with Crippen LogP contribution in [0.4, 0.5) is 17.6 Å². The van der Waals surface area contributed by atoms with E-state index in [1.807, 2.05) is 6.07 Å². The third-order valence-corrected chi connectivity index (χ3v) is 9.67. The number of rotatable bonds is 6. The summed E-state index contributed by atoms with van der Waals surface area (Å²) in [6.07, 6.45) is 6.47. The summed E-state index contributed by atoms with van der Waals surface area (Å²) in [6, 6.07) is 30.8. The van der Waals surface area contributed by atoms with Gasteiger partial charge in [-0.25, -0.2) is 27.5 Å². The van der Waals surface area contributed by atoms with Crippen LogP contribution in [-0.2, 0) is 6.54 Å². The standard InChI is InChI=1S/C46H27F4N7/c1-51-45(27-9-3-2-4-10-27)57-46(30-23-37(49)40(38(50)24-30)34-22-29-12-6-16-53-42(29)44-32(34)14-8-18-55-44)56-25-26-19-35(47)39(36(48)20-26)33-21-28-11-5-15-52-41(28)43-31(33)13-7-17-54-43/h2-24H,1,25H2. The van der Waals surface area contributed by atoms with Gasteiger partial charge in [-0.05, 0) is 84.1 Å². The molecule has 7 nitrogen and oxygen atoms in total. The van der Waals surface area contributed by atoms with Crippen molar-refractivity contribution in [1.82, 2.24) is 19.9 Å². The Bertz CT molecular complexity index is 3080. The summed E-state index contributed by atoms with van der Waals surface area (Å²) in [5.74, 6) is -3.44. The molecule has 0 N–H and O–H groups in total. The van der Waals surface area contributed by atoms with Crippen LogP contribution in [0.5, 0.6) is 0 Å². The number of aliphatic imine (C=N–C) groups is 3. The Morgan fingerprint density at radius 1 is 0.491 bits per heavy atom. The highest BCUT2D eigenvalue weighted by molar-refractivity contribution is 6.14. The predicted molar refractivity (Wildman–Crippen MR) is 218 cm³/mol. The summed E-state index contributed by atoms with van der Waals surface area (Å²) in [7, 11) is 0. The Morgan fingerprint density at radius 3 is 1.47 bits per heavy atom. The first-order chi connectivity index (χ1) is 27.9. The van der Waals surface area contributed by atoms with Crippen LogP contribution >= 0.6 is 0 Å². The van der Waals surface area contributed by atoms with Gasteiger partial charge >= 0.3 is 0 Å². The molecular formula is C46H27F4N7. The number of amidine groups is 2. The Morgan fingerprint density at radius 2 is 0.965 bits per heavy atom. The van der Waals surface area contributed by atoms with Crippen molar-refractivity contribution in [3.8, 4) is 22.3 Å². The molecule has 9 rings (SSSR count). The van der Waals surface area contributed by atoms with Crippen molar-refractivity contribution in [1.29, 1.82) is 0 Å². The zero-order valence-electron chi connectivity index (χ0n) is 29.8. The summed E-state index contributed by atoms with van der Waals surface area (Å²) >= 11 is 0. The molecule has 0 radical (unpaired) electrons. The number of fused-ring (bicyclic) bond motifs is 6. The molecule has 0 unspecified atom stereocenters. The number of hydrogen-bond donors (Lipinski definition) is 0. The normalized spacial score (nSPS) is 12.2. The number of halogens is 4. The lowest BCUT2D eigenvalue weighted by molar-refractivity contribution is 0.586. The Kier molecular flexibility index (Phi) is 9.02. The molecule has 0 saturated carbocycles. The van der Waals surface area contributed by atoms with E-state index in [0.29, 0.717) is 54.7 Å². The van der Waals surface area contributed by atoms with Gasteiger partial charge in [-0.2, -0.15) is 0 Å². The number of aromatic nitrogens is 4. The molecule has 274 valence electrons. The van der Waals surface area contributed by atoms with Gasteiger partial charge in [0, 0.05) is 57.5 Å². The van der Waals surface area contributed by atoms with Crippen molar-refractivity contribution in [3.63, 3.8) is 0 Å². The van der Waals surface area contributed by atoms with Gasteiger partial charge in [-0.3, -0.25) is 24.9 Å². The number of pyridine rings is 4. The van der Waals surface area contributed by atoms with Crippen LogP contribution < -0.4 is 0 Å². The van der Waals surface area contributed by atoms with Crippen molar-refractivity contribution in [3.05, 3.63) is 180 Å². The monoisotopic (exact) mass is 753 g/mol. The quantitative estimate of drug-likeness (QED) is 0.0732. The van der Waals surface area contributed by atoms with Gasteiger partial charge in [0.05, 0.1) is 39.7 Å². The van der Waals surface area contributed by atoms with Crippen molar-refractivity contribution >= 4 is 62.0 Å². The molecule has 0 aliphatic carbocycles. The minimum Gasteiger partial charge on any atom is -0.261 e. The molecule has 0 fully saturated rings. The lowest BCUT2D eigenvalue weighted by Gasteiger charge is -2.13. The summed E-state index contributed by atoms with van der Waals surface area (Å²) in [5, 5.41) is 2.38. The molecule has 0 spiro atoms. The Balaban J connectivity index is 1.15. The van der Waals surface area contributed by atoms with Crippen molar-refractivity contribution in [2.75, 3.05) is 0 Å². The van der Waals surface area contributed by atoms with Crippen LogP contribution in [0.25, 0.3) is 65.9 Å². The van der Waals surface area contributed by atoms with Gasteiger partial charge in [0.1, 0.15) is 23.3 Å². The highest BCUT2D eigenvalue weighted by atomic mass is 19.1. The molecule has 0 aliphatic heterocycles. The summed E-state index contributed by atoms with van der Waals surface area (Å²) in [4.78, 5) is 31.0. The maximum Gasteiger partial charge on any atom is 0.161 e. The van der Waals surface area contributed by atoms with E-state index >= 15 is 17.6 Å². The molecule has 0 atom stereocenters. The molecule has 4 aromatic heterocycles. The van der Waals surface area contributed by atoms with Crippen molar-refractivity contribution < 1.29 is 17.6 Å². The summed E-state index contributed by atoms with van der Waals surface area (Å²) in [6.45, 7) is 3.35. The molecule has 0 amide bonds. The first-order valence-electron chi connectivity index (χ1n) is 17.8. The SMILES string of the molecule is C=NC(=NC(=NCc1cc(F)c(-c2cc3cccnc3c3ncccc23)c(F)c1)c1cc(F)c(-c2cc3cccnc3c3ncccc23)c(F)c1)c1ccccc1. The van der Waals surface area contributed by atoms with Gasteiger partial charge in [0.25, 0.3) is 0 Å². The first kappa shape index (κ1) is 35.2. The highest BCUT2D eigenvalue weighted by Gasteiger charge is 2.22. The minimum absolute atomic E-state index is 0.0305. The van der Waals surface area contributed by atoms with E-state index in [2.05, 4.69) is 41.6 Å². The van der Waals surface area contributed by atoms with Crippen LogP contribution in [0.1, 0.15) is 16.7 Å². The molecule has 0 aliphatic rings. The molecule has 4 heterocycles. The predicted octanol–water partition coefficient (Wildman–Crippen LogP) is 10.9. The zero-order chi connectivity index (χ0) is 39.0. The van der Waals surface area contributed by atoms with E-state index in [-0.39, 0.29) is 46.0 Å². The number of benzene rings is 5. The first-order valence-corrected chi connectivity index (χ1v) is 17.8. The molecule has 11 heteroatoms. The largest absolute Gasteiger partial charge is 0.261 e. The molecule has 0 saturated heterocycles. The van der Waals surface area contributed by atoms with Gasteiger partial charge in [0.2, 0.25) is 0 Å². The average Bonchev–Trinajstić information content (AvgIpc) is 3.23. The van der Waals surface area contributed by atoms with Gasteiger partial charge in [-0.1, -0.05) is 54.6 Å². The fourth-order valence-corrected chi connectivity index (χ4v) is 7.14. The van der Waals surface area contributed by atoms with Crippen LogP contribution in [0.2, 0.25) is 0 Å². The van der Waals surface area contributed by atoms with E-state index in [1.54, 1.807) is 110 Å². The molecular weight excluding hydrogens is 727 g/mol. The second kappa shape index (κ2) is 14.6. The van der Waals surface area contributed by atoms with E-state index in [0.717, 1.165) is 12.1 Å². The van der Waals surface area contributed by atoms with Gasteiger partial charge in [0.15, 0.2) is 11.7 Å². The third kappa shape index (κ3) is 6.44. The fourth-order valence-electron chi connectivity index (χ4n) is 7.14. The molecule has 0 bridgehead atoms. The van der Waals surface area contributed by atoms with Crippen LogP contribution in [0, 0.1) is 23.3 Å². The summed E-state index contributed by atoms with van der Waals surface area (Å²) < 4.78 is 65.0. The van der Waals surface area contributed by atoms with Crippen molar-refractivity contribution in [2.24, 2.45) is 15.0 Å². The Labute approximate surface area is 322 Å². The number of nitrogens with zero attached hydrogens (tertiary/aromatic N) is 7. The molecule has 9 aromatic rings. The van der Waals surface area contributed by atoms with Crippen LogP contribution in [0.3, 0.4) is 0 Å². The van der Waals surface area contributed by atoms with Crippen LogP contribution in [-0.4, -0.2) is 38.3 Å². The van der Waals surface area contributed by atoms with E-state index in [9.17, 15) is 0 Å². The van der Waals surface area contributed by atoms with Gasteiger partial charge < -0.3 is 0 Å². The topological polar surface area (TPSA) is 88.6 Å².